The molecular weight excluding hydrogens is 112 g/mol. The lowest BCUT2D eigenvalue weighted by Gasteiger charge is -1.97. The number of allylic oxidation sites excluding steroid dienone is 2. The third-order valence-electron chi connectivity index (χ3n) is 1.11. The average molecular weight is 126 g/mol. The molecule has 1 heteroatoms. The van der Waals surface area contributed by atoms with Gasteiger partial charge in [-0.05, 0) is 12.3 Å². The third-order valence-corrected chi connectivity index (χ3v) is 1.11. The summed E-state index contributed by atoms with van der Waals surface area (Å²) in [5, 5.41) is 8.37. The largest absolute Gasteiger partial charge is 0.392 e. The van der Waals surface area contributed by atoms with Crippen molar-refractivity contribution in [2.75, 3.05) is 6.61 Å². The quantitative estimate of drug-likeness (QED) is 0.569. The van der Waals surface area contributed by atoms with Crippen LogP contribution >= 0.6 is 0 Å². The number of aliphatic hydroxyl groups excluding tert-OH is 1. The minimum absolute atomic E-state index is 0.140. The fourth-order valence-corrected chi connectivity index (χ4v) is 0.635. The molecule has 0 radical (unpaired) electrons. The van der Waals surface area contributed by atoms with E-state index in [0.717, 1.165) is 6.42 Å². The molecule has 0 aromatic heterocycles. The Morgan fingerprint density at radius 1 is 1.67 bits per heavy atom. The molecule has 52 valence electrons. The van der Waals surface area contributed by atoms with Crippen LogP contribution in [0.5, 0.6) is 0 Å². The molecule has 0 saturated heterocycles. The molecule has 0 fully saturated rings. The zero-order valence-electron chi connectivity index (χ0n) is 5.88. The highest BCUT2D eigenvalue weighted by Crippen LogP contribution is 2.02. The van der Waals surface area contributed by atoms with E-state index in [-0.39, 0.29) is 6.61 Å². The lowest BCUT2D eigenvalue weighted by Crippen LogP contribution is -1.85. The Bertz CT molecular complexity index is 94.7. The van der Waals surface area contributed by atoms with Crippen molar-refractivity contribution in [1.29, 1.82) is 0 Å². The molecular formula is C8H14O. The summed E-state index contributed by atoms with van der Waals surface area (Å²) in [6, 6.07) is 0. The van der Waals surface area contributed by atoms with Crippen molar-refractivity contribution in [3.05, 3.63) is 24.8 Å². The summed E-state index contributed by atoms with van der Waals surface area (Å²) in [4.78, 5) is 0. The van der Waals surface area contributed by atoms with Crippen LogP contribution in [0.4, 0.5) is 0 Å². The third kappa shape index (κ3) is 5.31. The van der Waals surface area contributed by atoms with E-state index in [0.29, 0.717) is 5.92 Å². The normalized spacial score (nSPS) is 14.0. The van der Waals surface area contributed by atoms with Gasteiger partial charge in [0.25, 0.3) is 0 Å². The molecule has 0 amide bonds. The molecule has 0 aliphatic carbocycles. The van der Waals surface area contributed by atoms with Gasteiger partial charge in [0.15, 0.2) is 0 Å². The maximum atomic E-state index is 8.37. The molecule has 0 spiro atoms. The second-order valence-electron chi connectivity index (χ2n) is 2.11. The van der Waals surface area contributed by atoms with Crippen LogP contribution in [0.25, 0.3) is 0 Å². The lowest BCUT2D eigenvalue weighted by atomic mass is 10.1. The molecule has 0 rings (SSSR count). The number of rotatable bonds is 4. The second-order valence-corrected chi connectivity index (χ2v) is 2.11. The zero-order valence-corrected chi connectivity index (χ0v) is 5.88. The van der Waals surface area contributed by atoms with Crippen LogP contribution < -0.4 is 0 Å². The number of hydrogen-bond acceptors (Lipinski definition) is 1. The summed E-state index contributed by atoms with van der Waals surface area (Å²) < 4.78 is 0. The molecule has 0 aliphatic heterocycles. The summed E-state index contributed by atoms with van der Waals surface area (Å²) >= 11 is 0. The molecule has 0 bridgehead atoms. The fourth-order valence-electron chi connectivity index (χ4n) is 0.635. The van der Waals surface area contributed by atoms with Crippen LogP contribution in [0.1, 0.15) is 13.3 Å². The Morgan fingerprint density at radius 2 is 2.33 bits per heavy atom. The molecule has 0 unspecified atom stereocenters. The van der Waals surface area contributed by atoms with E-state index in [2.05, 4.69) is 13.5 Å². The molecule has 0 aromatic rings. The molecule has 9 heavy (non-hydrogen) atoms. The summed E-state index contributed by atoms with van der Waals surface area (Å²) in [6.45, 7) is 5.84. The van der Waals surface area contributed by atoms with Gasteiger partial charge in [-0.2, -0.15) is 0 Å². The molecule has 0 saturated carbocycles. The molecule has 0 aromatic carbocycles. The van der Waals surface area contributed by atoms with Crippen LogP contribution in [0.2, 0.25) is 0 Å². The highest BCUT2D eigenvalue weighted by Gasteiger charge is 1.89. The first-order valence-corrected chi connectivity index (χ1v) is 3.19. The van der Waals surface area contributed by atoms with Crippen molar-refractivity contribution >= 4 is 0 Å². The highest BCUT2D eigenvalue weighted by atomic mass is 16.2. The van der Waals surface area contributed by atoms with E-state index < -0.39 is 0 Å². The van der Waals surface area contributed by atoms with Crippen molar-refractivity contribution in [3.8, 4) is 0 Å². The van der Waals surface area contributed by atoms with E-state index in [1.165, 1.54) is 0 Å². The SMILES string of the molecule is C=CC[C@H](C)C=CCO. The Kier molecular flexibility index (Phi) is 5.23. The summed E-state index contributed by atoms with van der Waals surface area (Å²) in [5.41, 5.74) is 0. The highest BCUT2D eigenvalue weighted by molar-refractivity contribution is 4.88. The molecule has 1 atom stereocenters. The van der Waals surface area contributed by atoms with Gasteiger partial charge < -0.3 is 5.11 Å². The van der Waals surface area contributed by atoms with Crippen LogP contribution in [0, 0.1) is 5.92 Å². The smallest absolute Gasteiger partial charge is 0.0612 e. The van der Waals surface area contributed by atoms with Crippen molar-refractivity contribution in [2.24, 2.45) is 5.92 Å². The average Bonchev–Trinajstić information content (AvgIpc) is 1.85. The second kappa shape index (κ2) is 5.57. The van der Waals surface area contributed by atoms with Crippen LogP contribution in [0.3, 0.4) is 0 Å². The predicted molar refractivity (Wildman–Crippen MR) is 40.2 cm³/mol. The van der Waals surface area contributed by atoms with Gasteiger partial charge in [0.1, 0.15) is 0 Å². The molecule has 1 N–H and O–H groups in total. The Balaban J connectivity index is 3.35. The Morgan fingerprint density at radius 3 is 2.78 bits per heavy atom. The first-order chi connectivity index (χ1) is 4.31. The van der Waals surface area contributed by atoms with Gasteiger partial charge in [0.05, 0.1) is 6.61 Å². The van der Waals surface area contributed by atoms with E-state index >= 15 is 0 Å². The van der Waals surface area contributed by atoms with Gasteiger partial charge in [0, 0.05) is 0 Å². The predicted octanol–water partition coefficient (Wildman–Crippen LogP) is 1.75. The van der Waals surface area contributed by atoms with Gasteiger partial charge in [-0.1, -0.05) is 25.2 Å². The van der Waals surface area contributed by atoms with Gasteiger partial charge in [0.2, 0.25) is 0 Å². The first kappa shape index (κ1) is 8.44. The van der Waals surface area contributed by atoms with Crippen molar-refractivity contribution < 1.29 is 5.11 Å². The monoisotopic (exact) mass is 126 g/mol. The summed E-state index contributed by atoms with van der Waals surface area (Å²) in [6.07, 6.45) is 6.61. The van der Waals surface area contributed by atoms with Crippen molar-refractivity contribution in [2.45, 2.75) is 13.3 Å². The van der Waals surface area contributed by atoms with E-state index in [4.69, 9.17) is 5.11 Å². The zero-order chi connectivity index (χ0) is 7.11. The molecule has 0 aliphatic rings. The number of aliphatic hydroxyl groups is 1. The van der Waals surface area contributed by atoms with Crippen LogP contribution in [-0.4, -0.2) is 11.7 Å². The Labute approximate surface area is 56.7 Å². The van der Waals surface area contributed by atoms with Crippen LogP contribution in [-0.2, 0) is 0 Å². The summed E-state index contributed by atoms with van der Waals surface area (Å²) in [7, 11) is 0. The van der Waals surface area contributed by atoms with Gasteiger partial charge >= 0.3 is 0 Å². The van der Waals surface area contributed by atoms with Gasteiger partial charge in [-0.3, -0.25) is 0 Å². The maximum absolute atomic E-state index is 8.37. The van der Waals surface area contributed by atoms with Crippen LogP contribution in [0.15, 0.2) is 24.8 Å². The summed E-state index contributed by atoms with van der Waals surface area (Å²) in [5.74, 6) is 0.509. The molecule has 1 nitrogen and oxygen atoms in total. The van der Waals surface area contributed by atoms with Gasteiger partial charge in [-0.15, -0.1) is 6.58 Å². The minimum atomic E-state index is 0.140. The van der Waals surface area contributed by atoms with E-state index in [1.54, 1.807) is 6.08 Å². The van der Waals surface area contributed by atoms with E-state index in [1.807, 2.05) is 12.2 Å². The topological polar surface area (TPSA) is 20.2 Å². The Hall–Kier alpha value is -0.560. The number of hydrogen-bond donors (Lipinski definition) is 1. The fraction of sp³-hybridized carbons (Fsp3) is 0.500. The maximum Gasteiger partial charge on any atom is 0.0612 e. The van der Waals surface area contributed by atoms with Crippen molar-refractivity contribution in [1.82, 2.24) is 0 Å². The van der Waals surface area contributed by atoms with Gasteiger partial charge in [-0.25, -0.2) is 0 Å². The minimum Gasteiger partial charge on any atom is -0.392 e. The van der Waals surface area contributed by atoms with Crippen molar-refractivity contribution in [3.63, 3.8) is 0 Å². The molecule has 0 heterocycles. The lowest BCUT2D eigenvalue weighted by molar-refractivity contribution is 0.342. The van der Waals surface area contributed by atoms with E-state index in [9.17, 15) is 0 Å². The standard InChI is InChI=1S/C8H14O/c1-3-5-8(2)6-4-7-9/h3-4,6,8-9H,1,5,7H2,2H3/t8-/m0/s1. The first-order valence-electron chi connectivity index (χ1n) is 3.19.